The third-order valence-corrected chi connectivity index (χ3v) is 4.99. The summed E-state index contributed by atoms with van der Waals surface area (Å²) in [6.07, 6.45) is 1.65. The smallest absolute Gasteiger partial charge is 0.331 e. The molecule has 28 heavy (non-hydrogen) atoms. The Balaban J connectivity index is 1.79. The van der Waals surface area contributed by atoms with Crippen LogP contribution in [0.3, 0.4) is 0 Å². The molecule has 0 saturated heterocycles. The molecule has 2 aromatic carbocycles. The van der Waals surface area contributed by atoms with E-state index >= 15 is 0 Å². The molecule has 0 saturated carbocycles. The first-order valence-electron chi connectivity index (χ1n) is 9.01. The molecule has 1 atom stereocenters. The summed E-state index contributed by atoms with van der Waals surface area (Å²) in [7, 11) is 3.21. The zero-order valence-corrected chi connectivity index (χ0v) is 16.0. The second-order valence-corrected chi connectivity index (χ2v) is 6.63. The molecule has 0 aromatic heterocycles. The van der Waals surface area contributed by atoms with Crippen molar-refractivity contribution in [2.45, 2.75) is 25.7 Å². The van der Waals surface area contributed by atoms with E-state index in [4.69, 9.17) is 23.8 Å². The lowest BCUT2D eigenvalue weighted by molar-refractivity contribution is -0.140. The summed E-state index contributed by atoms with van der Waals surface area (Å²) in [5.74, 6) is 2.17. The van der Waals surface area contributed by atoms with Crippen LogP contribution in [0.1, 0.15) is 36.0 Å². The van der Waals surface area contributed by atoms with Crippen LogP contribution in [0.5, 0.6) is 23.0 Å². The average Bonchev–Trinajstić information content (AvgIpc) is 3.17. The molecule has 0 spiro atoms. The predicted molar refractivity (Wildman–Crippen MR) is 101 cm³/mol. The summed E-state index contributed by atoms with van der Waals surface area (Å²) in [6, 6.07) is 9.67. The van der Waals surface area contributed by atoms with Gasteiger partial charge in [0.05, 0.1) is 19.9 Å². The van der Waals surface area contributed by atoms with Crippen LogP contribution >= 0.6 is 0 Å². The van der Waals surface area contributed by atoms with Crippen molar-refractivity contribution in [2.24, 2.45) is 5.16 Å². The van der Waals surface area contributed by atoms with Gasteiger partial charge in [-0.1, -0.05) is 11.2 Å². The van der Waals surface area contributed by atoms with E-state index < -0.39 is 5.97 Å². The number of hydrogen-bond donors (Lipinski definition) is 0. The molecule has 1 aliphatic carbocycles. The number of carbonyl (C=O) groups is 1. The van der Waals surface area contributed by atoms with Gasteiger partial charge in [-0.15, -0.1) is 0 Å². The fourth-order valence-corrected chi connectivity index (χ4v) is 3.67. The largest absolute Gasteiger partial charge is 0.493 e. The highest BCUT2D eigenvalue weighted by molar-refractivity contribution is 6.07. The molecule has 4 rings (SSSR count). The summed E-state index contributed by atoms with van der Waals surface area (Å²) in [4.78, 5) is 16.4. The van der Waals surface area contributed by atoms with E-state index in [2.05, 4.69) is 5.16 Å². The summed E-state index contributed by atoms with van der Waals surface area (Å²) >= 11 is 0. The quantitative estimate of drug-likeness (QED) is 0.595. The van der Waals surface area contributed by atoms with Crippen LogP contribution in [0.2, 0.25) is 0 Å². The van der Waals surface area contributed by atoms with Gasteiger partial charge in [-0.3, -0.25) is 0 Å². The van der Waals surface area contributed by atoms with Gasteiger partial charge in [0, 0.05) is 18.4 Å². The lowest BCUT2D eigenvalue weighted by Crippen LogP contribution is -2.23. The number of fused-ring (bicyclic) bond motifs is 2. The van der Waals surface area contributed by atoms with Crippen molar-refractivity contribution in [3.05, 3.63) is 47.0 Å². The van der Waals surface area contributed by atoms with E-state index in [0.717, 1.165) is 35.3 Å². The molecule has 0 fully saturated rings. The van der Waals surface area contributed by atoms with Gasteiger partial charge in [0.15, 0.2) is 23.0 Å². The number of ether oxygens (including phenoxy) is 4. The Morgan fingerprint density at radius 2 is 1.82 bits per heavy atom. The van der Waals surface area contributed by atoms with Gasteiger partial charge < -0.3 is 23.8 Å². The van der Waals surface area contributed by atoms with Crippen LogP contribution in [0, 0.1) is 0 Å². The molecule has 0 bridgehead atoms. The van der Waals surface area contributed by atoms with Crippen molar-refractivity contribution in [1.82, 2.24) is 0 Å². The number of oxime groups is 1. The van der Waals surface area contributed by atoms with Crippen molar-refractivity contribution in [1.29, 1.82) is 0 Å². The summed E-state index contributed by atoms with van der Waals surface area (Å²) < 4.78 is 21.8. The molecule has 1 unspecified atom stereocenters. The maximum Gasteiger partial charge on any atom is 0.331 e. The number of aryl methyl sites for hydroxylation is 1. The lowest BCUT2D eigenvalue weighted by atomic mass is 9.78. The molecule has 7 nitrogen and oxygen atoms in total. The third kappa shape index (κ3) is 3.24. The van der Waals surface area contributed by atoms with E-state index in [-0.39, 0.29) is 12.7 Å². The molecule has 1 heterocycles. The van der Waals surface area contributed by atoms with Crippen molar-refractivity contribution in [3.8, 4) is 23.0 Å². The molecule has 2 aliphatic rings. The molecule has 146 valence electrons. The Hall–Kier alpha value is -3.22. The maximum atomic E-state index is 11.4. The minimum absolute atomic E-state index is 0.0629. The van der Waals surface area contributed by atoms with E-state index in [9.17, 15) is 4.79 Å². The van der Waals surface area contributed by atoms with Crippen LogP contribution in [0.4, 0.5) is 0 Å². The molecule has 0 N–H and O–H groups in total. The van der Waals surface area contributed by atoms with Crippen molar-refractivity contribution in [2.75, 3.05) is 21.0 Å². The van der Waals surface area contributed by atoms with E-state index in [1.807, 2.05) is 30.3 Å². The van der Waals surface area contributed by atoms with Crippen molar-refractivity contribution < 1.29 is 28.6 Å². The molecule has 2 aromatic rings. The van der Waals surface area contributed by atoms with E-state index in [0.29, 0.717) is 23.0 Å². The molecule has 0 amide bonds. The van der Waals surface area contributed by atoms with Gasteiger partial charge in [0.2, 0.25) is 6.79 Å². The standard InChI is InChI=1S/C21H21NO6/c1-12(23)28-22-21-15(13-5-7-17(24-2)18(8-13)25-3)6-4-14-9-19-20(10-16(14)21)27-11-26-19/h5,7-10,15H,4,6,11H2,1-3H3/b22-21-. The van der Waals surface area contributed by atoms with Crippen LogP contribution < -0.4 is 18.9 Å². The Kier molecular flexibility index (Phi) is 4.81. The fraction of sp³-hybridized carbons (Fsp3) is 0.333. The van der Waals surface area contributed by atoms with Gasteiger partial charge >= 0.3 is 5.97 Å². The van der Waals surface area contributed by atoms with Crippen molar-refractivity contribution in [3.63, 3.8) is 0 Å². The Bertz CT molecular complexity index is 952. The summed E-state index contributed by atoms with van der Waals surface area (Å²) in [5, 5.41) is 4.20. The zero-order chi connectivity index (χ0) is 19.7. The minimum atomic E-state index is -0.466. The minimum Gasteiger partial charge on any atom is -0.493 e. The average molecular weight is 383 g/mol. The van der Waals surface area contributed by atoms with Crippen LogP contribution in [0.25, 0.3) is 0 Å². The summed E-state index contributed by atoms with van der Waals surface area (Å²) in [5.41, 5.74) is 3.68. The first-order valence-corrected chi connectivity index (χ1v) is 9.01. The highest BCUT2D eigenvalue weighted by Gasteiger charge is 2.31. The monoisotopic (exact) mass is 383 g/mol. The van der Waals surface area contributed by atoms with Gasteiger partial charge in [-0.2, -0.15) is 0 Å². The first kappa shape index (κ1) is 18.2. The maximum absolute atomic E-state index is 11.4. The van der Waals surface area contributed by atoms with Crippen LogP contribution in [-0.4, -0.2) is 32.7 Å². The third-order valence-electron chi connectivity index (χ3n) is 4.99. The highest BCUT2D eigenvalue weighted by Crippen LogP contribution is 2.42. The van der Waals surface area contributed by atoms with E-state index in [1.165, 1.54) is 6.92 Å². The Morgan fingerprint density at radius 3 is 2.54 bits per heavy atom. The van der Waals surface area contributed by atoms with Gasteiger partial charge in [-0.05, 0) is 48.2 Å². The second-order valence-electron chi connectivity index (χ2n) is 6.63. The molecular weight excluding hydrogens is 362 g/mol. The topological polar surface area (TPSA) is 75.6 Å². The second kappa shape index (κ2) is 7.42. The Labute approximate surface area is 162 Å². The normalized spacial score (nSPS) is 18.5. The van der Waals surface area contributed by atoms with Gasteiger partial charge in [-0.25, -0.2) is 4.79 Å². The number of carbonyl (C=O) groups excluding carboxylic acids is 1. The van der Waals surface area contributed by atoms with Crippen LogP contribution in [-0.2, 0) is 16.1 Å². The van der Waals surface area contributed by atoms with Gasteiger partial charge in [0.1, 0.15) is 0 Å². The zero-order valence-electron chi connectivity index (χ0n) is 16.0. The SMILES string of the molecule is COc1ccc(C2CCc3cc4c(cc3/C2=N\OC(C)=O)OCO4)cc1OC. The number of hydrogen-bond acceptors (Lipinski definition) is 7. The van der Waals surface area contributed by atoms with Crippen molar-refractivity contribution >= 4 is 11.7 Å². The molecule has 1 aliphatic heterocycles. The number of benzene rings is 2. The molecular formula is C21H21NO6. The lowest BCUT2D eigenvalue weighted by Gasteiger charge is -2.27. The van der Waals surface area contributed by atoms with Gasteiger partial charge in [0.25, 0.3) is 0 Å². The first-order chi connectivity index (χ1) is 13.6. The fourth-order valence-electron chi connectivity index (χ4n) is 3.67. The van der Waals surface area contributed by atoms with Crippen LogP contribution in [0.15, 0.2) is 35.5 Å². The predicted octanol–water partition coefficient (Wildman–Crippen LogP) is 3.43. The summed E-state index contributed by atoms with van der Waals surface area (Å²) in [6.45, 7) is 1.53. The Morgan fingerprint density at radius 1 is 1.07 bits per heavy atom. The highest BCUT2D eigenvalue weighted by atomic mass is 16.7. The van der Waals surface area contributed by atoms with E-state index in [1.54, 1.807) is 14.2 Å². The number of nitrogens with zero attached hydrogens (tertiary/aromatic N) is 1. The number of methoxy groups -OCH3 is 2. The molecule has 7 heteroatoms. The molecule has 0 radical (unpaired) electrons. The number of rotatable bonds is 4.